The van der Waals surface area contributed by atoms with Gasteiger partial charge in [-0.1, -0.05) is 12.1 Å². The molecular weight excluding hydrogens is 482 g/mol. The van der Waals surface area contributed by atoms with Crippen LogP contribution in [-0.2, 0) is 9.53 Å². The van der Waals surface area contributed by atoms with Gasteiger partial charge >= 0.3 is 0 Å². The van der Waals surface area contributed by atoms with Crippen LogP contribution in [0.4, 0.5) is 11.4 Å². The molecule has 4 heterocycles. The molecule has 2 saturated heterocycles. The zero-order chi connectivity index (χ0) is 25.4. The van der Waals surface area contributed by atoms with E-state index in [0.717, 1.165) is 72.4 Å². The highest BCUT2D eigenvalue weighted by Gasteiger charge is 2.30. The number of carbonyl (C=O) groups excluding carboxylic acids is 1. The van der Waals surface area contributed by atoms with Crippen LogP contribution in [0.2, 0.25) is 0 Å². The third-order valence-electron chi connectivity index (χ3n) is 7.37. The second kappa shape index (κ2) is 10.3. The standard InChI is InChI=1S/C29H33N5O2S/c1-19-16-34(17-20(2)36-19)24-8-5-21(6-9-24)27-25-15-23(7-10-26(25)31-32-27)30-29(35)28(22-11-14-37-18-22)33-12-3-4-13-33/h5-11,14-15,18-20,28H,3-4,12-13,16-17H2,1-2H3,(H,30,35)(H,31,32)/t19-,20+,28?. The predicted molar refractivity (Wildman–Crippen MR) is 150 cm³/mol. The van der Waals surface area contributed by atoms with Crippen molar-refractivity contribution in [3.63, 3.8) is 0 Å². The van der Waals surface area contributed by atoms with Crippen molar-refractivity contribution in [3.05, 3.63) is 64.9 Å². The summed E-state index contributed by atoms with van der Waals surface area (Å²) in [5, 5.41) is 16.1. The van der Waals surface area contributed by atoms with Gasteiger partial charge in [0.2, 0.25) is 5.91 Å². The summed E-state index contributed by atoms with van der Waals surface area (Å²) in [7, 11) is 0. The van der Waals surface area contributed by atoms with Gasteiger partial charge in [-0.05, 0) is 92.5 Å². The molecule has 2 aliphatic heterocycles. The first-order valence-corrected chi connectivity index (χ1v) is 14.1. The normalized spacial score (nSPS) is 21.4. The number of aromatic amines is 1. The molecule has 2 aromatic heterocycles. The third-order valence-corrected chi connectivity index (χ3v) is 8.07. The molecule has 7 nitrogen and oxygen atoms in total. The molecule has 2 aromatic carbocycles. The van der Waals surface area contributed by atoms with Gasteiger partial charge < -0.3 is 15.0 Å². The summed E-state index contributed by atoms with van der Waals surface area (Å²) in [4.78, 5) is 18.1. The van der Waals surface area contributed by atoms with Gasteiger partial charge in [0.1, 0.15) is 6.04 Å². The topological polar surface area (TPSA) is 73.5 Å². The average Bonchev–Trinajstić information content (AvgIpc) is 3.67. The van der Waals surface area contributed by atoms with Crippen molar-refractivity contribution >= 4 is 39.5 Å². The Kier molecular flexibility index (Phi) is 6.71. The van der Waals surface area contributed by atoms with Crippen molar-refractivity contribution < 1.29 is 9.53 Å². The molecule has 1 unspecified atom stereocenters. The number of anilines is 2. The van der Waals surface area contributed by atoms with Crippen LogP contribution in [0.5, 0.6) is 0 Å². The van der Waals surface area contributed by atoms with E-state index in [4.69, 9.17) is 4.74 Å². The second-order valence-corrected chi connectivity index (χ2v) is 11.0. The molecule has 1 amide bonds. The summed E-state index contributed by atoms with van der Waals surface area (Å²) < 4.78 is 5.88. The summed E-state index contributed by atoms with van der Waals surface area (Å²) in [5.41, 5.74) is 5.92. The molecule has 6 rings (SSSR count). The number of hydrogen-bond acceptors (Lipinski definition) is 6. The van der Waals surface area contributed by atoms with Gasteiger partial charge in [0, 0.05) is 35.4 Å². The van der Waals surface area contributed by atoms with E-state index < -0.39 is 0 Å². The summed E-state index contributed by atoms with van der Waals surface area (Å²) in [5.74, 6) is 0.0167. The molecular formula is C29H33N5O2S. The number of benzene rings is 2. The highest BCUT2D eigenvalue weighted by atomic mass is 32.1. The van der Waals surface area contributed by atoms with Gasteiger partial charge in [-0.2, -0.15) is 16.4 Å². The van der Waals surface area contributed by atoms with Crippen molar-refractivity contribution in [2.24, 2.45) is 0 Å². The number of aromatic nitrogens is 2. The number of nitrogens with zero attached hydrogens (tertiary/aromatic N) is 3. The molecule has 8 heteroatoms. The lowest BCUT2D eigenvalue weighted by molar-refractivity contribution is -0.121. The minimum absolute atomic E-state index is 0.0167. The van der Waals surface area contributed by atoms with Crippen molar-refractivity contribution in [2.75, 3.05) is 36.4 Å². The molecule has 4 aromatic rings. The molecule has 3 atom stereocenters. The molecule has 0 radical (unpaired) electrons. The van der Waals surface area contributed by atoms with E-state index in [9.17, 15) is 4.79 Å². The zero-order valence-electron chi connectivity index (χ0n) is 21.3. The predicted octanol–water partition coefficient (Wildman–Crippen LogP) is 5.68. The maximum Gasteiger partial charge on any atom is 0.246 e. The number of rotatable bonds is 6. The Morgan fingerprint density at radius 1 is 1.08 bits per heavy atom. The summed E-state index contributed by atoms with van der Waals surface area (Å²) in [6, 6.07) is 16.3. The molecule has 37 heavy (non-hydrogen) atoms. The van der Waals surface area contributed by atoms with E-state index in [2.05, 4.69) is 74.9 Å². The first-order chi connectivity index (χ1) is 18.0. The number of fused-ring (bicyclic) bond motifs is 1. The summed E-state index contributed by atoms with van der Waals surface area (Å²) >= 11 is 1.63. The fraction of sp³-hybridized carbons (Fsp3) is 0.379. The Morgan fingerprint density at radius 3 is 2.54 bits per heavy atom. The van der Waals surface area contributed by atoms with Crippen LogP contribution in [0.25, 0.3) is 22.2 Å². The van der Waals surface area contributed by atoms with Crippen LogP contribution in [0.3, 0.4) is 0 Å². The molecule has 0 spiro atoms. The highest BCUT2D eigenvalue weighted by Crippen LogP contribution is 2.32. The largest absolute Gasteiger partial charge is 0.372 e. The van der Waals surface area contributed by atoms with E-state index in [-0.39, 0.29) is 24.2 Å². The van der Waals surface area contributed by atoms with E-state index in [1.165, 1.54) is 5.69 Å². The Hall–Kier alpha value is -3.20. The lowest BCUT2D eigenvalue weighted by Crippen LogP contribution is -2.45. The minimum atomic E-state index is -0.258. The molecule has 192 valence electrons. The fourth-order valence-corrected chi connectivity index (χ4v) is 6.38. The van der Waals surface area contributed by atoms with Crippen molar-refractivity contribution in [1.29, 1.82) is 0 Å². The molecule has 2 N–H and O–H groups in total. The highest BCUT2D eigenvalue weighted by molar-refractivity contribution is 7.08. The van der Waals surface area contributed by atoms with Gasteiger partial charge in [-0.15, -0.1) is 0 Å². The van der Waals surface area contributed by atoms with Gasteiger partial charge in [0.05, 0.1) is 23.4 Å². The van der Waals surface area contributed by atoms with Crippen LogP contribution >= 0.6 is 11.3 Å². The van der Waals surface area contributed by atoms with Gasteiger partial charge in [-0.25, -0.2) is 0 Å². The summed E-state index contributed by atoms with van der Waals surface area (Å²) in [6.45, 7) is 7.94. The van der Waals surface area contributed by atoms with Crippen LogP contribution in [-0.4, -0.2) is 59.4 Å². The molecule has 2 aliphatic rings. The Balaban J connectivity index is 1.24. The number of ether oxygens (including phenoxy) is 1. The summed E-state index contributed by atoms with van der Waals surface area (Å²) in [6.07, 6.45) is 2.72. The maximum atomic E-state index is 13.5. The van der Waals surface area contributed by atoms with Crippen LogP contribution in [0.1, 0.15) is 38.3 Å². The minimum Gasteiger partial charge on any atom is -0.372 e. The third kappa shape index (κ3) is 5.01. The quantitative estimate of drug-likeness (QED) is 0.346. The number of carbonyl (C=O) groups is 1. The van der Waals surface area contributed by atoms with E-state index in [1.807, 2.05) is 23.6 Å². The first-order valence-electron chi connectivity index (χ1n) is 13.1. The van der Waals surface area contributed by atoms with Crippen molar-refractivity contribution in [2.45, 2.75) is 44.9 Å². The number of morpholine rings is 1. The molecule has 0 saturated carbocycles. The van der Waals surface area contributed by atoms with Gasteiger partial charge in [0.25, 0.3) is 0 Å². The smallest absolute Gasteiger partial charge is 0.246 e. The van der Waals surface area contributed by atoms with Gasteiger partial charge in [-0.3, -0.25) is 14.8 Å². The Bertz CT molecular complexity index is 1350. The lowest BCUT2D eigenvalue weighted by Gasteiger charge is -2.36. The monoisotopic (exact) mass is 515 g/mol. The zero-order valence-corrected chi connectivity index (χ0v) is 22.1. The number of nitrogens with one attached hydrogen (secondary N) is 2. The number of thiophene rings is 1. The lowest BCUT2D eigenvalue weighted by atomic mass is 10.1. The van der Waals surface area contributed by atoms with E-state index >= 15 is 0 Å². The Morgan fingerprint density at radius 2 is 1.84 bits per heavy atom. The number of likely N-dealkylation sites (tertiary alicyclic amines) is 1. The molecule has 0 bridgehead atoms. The number of hydrogen-bond donors (Lipinski definition) is 2. The van der Waals surface area contributed by atoms with Gasteiger partial charge in [0.15, 0.2) is 0 Å². The van der Waals surface area contributed by atoms with Crippen molar-refractivity contribution in [3.8, 4) is 11.3 Å². The average molecular weight is 516 g/mol. The maximum absolute atomic E-state index is 13.5. The second-order valence-electron chi connectivity index (χ2n) is 10.2. The van der Waals surface area contributed by atoms with Crippen molar-refractivity contribution in [1.82, 2.24) is 15.1 Å². The molecule has 0 aliphatic carbocycles. The SMILES string of the molecule is C[C@@H]1CN(c2ccc(-c3n[nH]c4ccc(NC(=O)C(c5ccsc5)N5CCCC5)cc34)cc2)C[C@H](C)O1. The van der Waals surface area contributed by atoms with Crippen LogP contribution in [0.15, 0.2) is 59.3 Å². The number of amides is 1. The first kappa shape index (κ1) is 24.2. The van der Waals surface area contributed by atoms with E-state index in [0.29, 0.717) is 0 Å². The number of H-pyrrole nitrogens is 1. The fourth-order valence-electron chi connectivity index (χ4n) is 5.70. The molecule has 2 fully saturated rings. The van der Waals surface area contributed by atoms with Crippen LogP contribution in [0, 0.1) is 0 Å². The van der Waals surface area contributed by atoms with Crippen LogP contribution < -0.4 is 10.2 Å². The van der Waals surface area contributed by atoms with E-state index in [1.54, 1.807) is 11.3 Å². The Labute approximate surface area is 221 Å².